The number of carbonyl (C=O) groups is 2. The predicted molar refractivity (Wildman–Crippen MR) is 109 cm³/mol. The Balaban J connectivity index is 2.14. The summed E-state index contributed by atoms with van der Waals surface area (Å²) in [6, 6.07) is 7.52. The molecule has 0 saturated heterocycles. The van der Waals surface area contributed by atoms with Crippen LogP contribution in [0.15, 0.2) is 41.3 Å². The number of amides is 1. The van der Waals surface area contributed by atoms with E-state index < -0.39 is 11.9 Å². The minimum atomic E-state index is -1.40. The summed E-state index contributed by atoms with van der Waals surface area (Å²) in [6.07, 6.45) is 1.65. The molecule has 142 valence electrons. The maximum atomic E-state index is 11.7. The number of nitrogens with one attached hydrogen (secondary N) is 1. The Morgan fingerprint density at radius 2 is 1.56 bits per heavy atom. The number of hydrogen-bond donors (Lipinski definition) is 1. The Hall–Kier alpha value is -2.53. The zero-order valence-corrected chi connectivity index (χ0v) is 17.1. The number of thioether (sulfide) groups is 1. The molecule has 1 N–H and O–H groups in total. The molecule has 0 bridgehead atoms. The fraction of sp³-hybridized carbons (Fsp3) is 0.273. The van der Waals surface area contributed by atoms with Crippen LogP contribution in [0.4, 0.5) is 5.69 Å². The van der Waals surface area contributed by atoms with E-state index in [1.165, 1.54) is 33.4 Å². The van der Waals surface area contributed by atoms with Gasteiger partial charge in [0, 0.05) is 22.4 Å². The van der Waals surface area contributed by atoms with Crippen molar-refractivity contribution in [2.75, 3.05) is 5.32 Å². The predicted octanol–water partition coefficient (Wildman–Crippen LogP) is 3.77. The van der Waals surface area contributed by atoms with Crippen LogP contribution in [0.1, 0.15) is 33.4 Å². The molecule has 0 spiro atoms. The molecule has 0 aliphatic heterocycles. The number of benzene rings is 2. The third-order valence-corrected chi connectivity index (χ3v) is 6.03. The molecule has 2 aromatic rings. The normalized spacial score (nSPS) is 11.0. The first-order chi connectivity index (χ1) is 12.7. The molecule has 0 aromatic heterocycles. The van der Waals surface area contributed by atoms with Crippen LogP contribution in [0.3, 0.4) is 0 Å². The van der Waals surface area contributed by atoms with Gasteiger partial charge in [-0.15, -0.1) is 11.8 Å². The van der Waals surface area contributed by atoms with Gasteiger partial charge in [0.15, 0.2) is 0 Å². The highest BCUT2D eigenvalue weighted by Gasteiger charge is 2.12. The minimum Gasteiger partial charge on any atom is -0.545 e. The van der Waals surface area contributed by atoms with Gasteiger partial charge in [0.2, 0.25) is 5.91 Å². The minimum absolute atomic E-state index is 0.502. The molecule has 0 radical (unpaired) electrons. The summed E-state index contributed by atoms with van der Waals surface area (Å²) in [4.78, 5) is 23.1. The highest BCUT2D eigenvalue weighted by Crippen LogP contribution is 2.32. The van der Waals surface area contributed by atoms with Crippen LogP contribution < -0.4 is 10.4 Å². The quantitative estimate of drug-likeness (QED) is 0.610. The van der Waals surface area contributed by atoms with Crippen molar-refractivity contribution in [3.8, 4) is 0 Å². The first kappa shape index (κ1) is 20.8. The van der Waals surface area contributed by atoms with Crippen molar-refractivity contribution in [2.24, 2.45) is 0 Å². The third kappa shape index (κ3) is 5.23. The van der Waals surface area contributed by atoms with Gasteiger partial charge in [-0.2, -0.15) is 0 Å². The van der Waals surface area contributed by atoms with E-state index >= 15 is 0 Å². The van der Waals surface area contributed by atoms with Gasteiger partial charge in [-0.25, -0.2) is 0 Å². The maximum absolute atomic E-state index is 11.7. The zero-order chi connectivity index (χ0) is 20.1. The van der Waals surface area contributed by atoms with Crippen LogP contribution in [0.25, 0.3) is 0 Å². The summed E-state index contributed by atoms with van der Waals surface area (Å²) in [5.41, 5.74) is 8.68. The topological polar surface area (TPSA) is 69.2 Å². The average molecular weight is 383 g/mol. The van der Waals surface area contributed by atoms with E-state index in [-0.39, 0.29) is 0 Å². The number of hydrogen-bond acceptors (Lipinski definition) is 4. The van der Waals surface area contributed by atoms with Crippen molar-refractivity contribution >= 4 is 29.3 Å². The Morgan fingerprint density at radius 1 is 0.963 bits per heavy atom. The summed E-state index contributed by atoms with van der Waals surface area (Å²) in [5, 5.41) is 13.0. The molecular weight excluding hydrogens is 358 g/mol. The largest absolute Gasteiger partial charge is 0.545 e. The van der Waals surface area contributed by atoms with E-state index in [0.29, 0.717) is 11.8 Å². The fourth-order valence-electron chi connectivity index (χ4n) is 2.94. The van der Waals surface area contributed by atoms with E-state index in [0.717, 1.165) is 16.7 Å². The smallest absolute Gasteiger partial charge is 0.248 e. The van der Waals surface area contributed by atoms with Gasteiger partial charge in [-0.3, -0.25) is 4.79 Å². The maximum Gasteiger partial charge on any atom is 0.248 e. The monoisotopic (exact) mass is 382 g/mol. The molecule has 0 aliphatic carbocycles. The SMILES string of the molecule is Cc1c(C)c(C)c(CSc2cccc(NC(=O)C=CC(=O)[O-])c2)c(C)c1C. The van der Waals surface area contributed by atoms with Crippen LogP contribution in [0.2, 0.25) is 0 Å². The van der Waals surface area contributed by atoms with Crippen LogP contribution in [-0.2, 0) is 15.3 Å². The van der Waals surface area contributed by atoms with Crippen molar-refractivity contribution in [1.29, 1.82) is 0 Å². The van der Waals surface area contributed by atoms with Crippen LogP contribution in [-0.4, -0.2) is 11.9 Å². The van der Waals surface area contributed by atoms with Crippen LogP contribution >= 0.6 is 11.8 Å². The molecule has 2 rings (SSSR count). The molecule has 27 heavy (non-hydrogen) atoms. The summed E-state index contributed by atoms with van der Waals surface area (Å²) < 4.78 is 0. The molecule has 5 heteroatoms. The van der Waals surface area contributed by atoms with Gasteiger partial charge in [0.05, 0.1) is 5.97 Å². The Morgan fingerprint density at radius 3 is 2.15 bits per heavy atom. The molecule has 0 atom stereocenters. The van der Waals surface area contributed by atoms with Crippen LogP contribution in [0, 0.1) is 34.6 Å². The lowest BCUT2D eigenvalue weighted by atomic mass is 9.90. The van der Waals surface area contributed by atoms with E-state index in [9.17, 15) is 14.7 Å². The summed E-state index contributed by atoms with van der Waals surface area (Å²) in [7, 11) is 0. The first-order valence-corrected chi connectivity index (χ1v) is 9.68. The molecule has 4 nitrogen and oxygen atoms in total. The third-order valence-electron chi connectivity index (χ3n) is 5.01. The van der Waals surface area contributed by atoms with Gasteiger partial charge >= 0.3 is 0 Å². The Bertz CT molecular complexity index is 887. The van der Waals surface area contributed by atoms with Crippen molar-refractivity contribution < 1.29 is 14.7 Å². The number of carboxylic acid groups (broad SMARTS) is 1. The summed E-state index contributed by atoms with van der Waals surface area (Å²) >= 11 is 1.71. The van der Waals surface area contributed by atoms with Gasteiger partial charge in [0.25, 0.3) is 0 Å². The number of carboxylic acids is 1. The molecule has 0 heterocycles. The number of carbonyl (C=O) groups excluding carboxylic acids is 2. The summed E-state index contributed by atoms with van der Waals surface area (Å²) in [6.45, 7) is 10.8. The van der Waals surface area contributed by atoms with E-state index in [2.05, 4.69) is 39.9 Å². The molecule has 2 aromatic carbocycles. The van der Waals surface area contributed by atoms with Crippen LogP contribution in [0.5, 0.6) is 0 Å². The summed E-state index contributed by atoms with van der Waals surface area (Å²) in [5.74, 6) is -1.05. The van der Waals surface area contributed by atoms with Gasteiger partial charge in [-0.1, -0.05) is 6.07 Å². The number of aliphatic carboxylic acids is 1. The van der Waals surface area contributed by atoms with Gasteiger partial charge in [0.1, 0.15) is 0 Å². The highest BCUT2D eigenvalue weighted by atomic mass is 32.2. The Kier molecular flexibility index (Phi) is 6.86. The molecule has 0 saturated carbocycles. The average Bonchev–Trinajstić information content (AvgIpc) is 2.63. The zero-order valence-electron chi connectivity index (χ0n) is 16.3. The van der Waals surface area contributed by atoms with Crippen molar-refractivity contribution in [2.45, 2.75) is 45.3 Å². The van der Waals surface area contributed by atoms with E-state index in [1.54, 1.807) is 17.8 Å². The van der Waals surface area contributed by atoms with E-state index in [1.807, 2.05) is 18.2 Å². The second kappa shape index (κ2) is 8.91. The molecule has 0 aliphatic rings. The lowest BCUT2D eigenvalue weighted by Crippen LogP contribution is -2.20. The molecular formula is C22H24NO3S-. The van der Waals surface area contributed by atoms with Gasteiger partial charge < -0.3 is 15.2 Å². The first-order valence-electron chi connectivity index (χ1n) is 8.69. The molecule has 0 unspecified atom stereocenters. The van der Waals surface area contributed by atoms with Crippen molar-refractivity contribution in [3.63, 3.8) is 0 Å². The van der Waals surface area contributed by atoms with Crippen molar-refractivity contribution in [1.82, 2.24) is 0 Å². The highest BCUT2D eigenvalue weighted by molar-refractivity contribution is 7.98. The second-order valence-electron chi connectivity index (χ2n) is 6.56. The fourth-order valence-corrected chi connectivity index (χ4v) is 4.07. The molecule has 1 amide bonds. The second-order valence-corrected chi connectivity index (χ2v) is 7.61. The van der Waals surface area contributed by atoms with Crippen molar-refractivity contribution in [3.05, 3.63) is 69.8 Å². The number of rotatable bonds is 6. The van der Waals surface area contributed by atoms with E-state index in [4.69, 9.17) is 0 Å². The standard InChI is InChI=1S/C22H25NO3S/c1-13-14(2)16(4)20(17(5)15(13)3)12-27-19-8-6-7-18(11-19)23-21(24)9-10-22(25)26/h6-11H,12H2,1-5H3,(H,23,24)(H,25,26)/p-1. The number of anilines is 1. The molecule has 0 fully saturated rings. The lowest BCUT2D eigenvalue weighted by molar-refractivity contribution is -0.297. The van der Waals surface area contributed by atoms with Gasteiger partial charge in [-0.05, 0) is 92.3 Å². The Labute approximate surface area is 164 Å². The lowest BCUT2D eigenvalue weighted by Gasteiger charge is -2.18.